The molecule has 0 aliphatic heterocycles. The Balaban J connectivity index is 1.68. The van der Waals surface area contributed by atoms with Crippen LogP contribution in [0.25, 0.3) is 10.9 Å². The molecule has 0 fully saturated rings. The Morgan fingerprint density at radius 2 is 1.83 bits per heavy atom. The summed E-state index contributed by atoms with van der Waals surface area (Å²) in [6, 6.07) is 19.3. The van der Waals surface area contributed by atoms with Crippen LogP contribution in [-0.2, 0) is 6.61 Å². The molecular formula is C17H17N5O. The first-order valence-corrected chi connectivity index (χ1v) is 7.13. The number of hydrogen-bond donors (Lipinski definition) is 3. The number of nitrogens with one attached hydrogen (secondary N) is 1. The zero-order valence-corrected chi connectivity index (χ0v) is 12.4. The van der Waals surface area contributed by atoms with Crippen molar-refractivity contribution < 1.29 is 4.74 Å². The second-order valence-electron chi connectivity index (χ2n) is 4.93. The van der Waals surface area contributed by atoms with Gasteiger partial charge in [-0.2, -0.15) is 0 Å². The van der Waals surface area contributed by atoms with Crippen molar-refractivity contribution in [2.45, 2.75) is 6.61 Å². The molecule has 3 rings (SSSR count). The van der Waals surface area contributed by atoms with Crippen LogP contribution in [-0.4, -0.2) is 10.8 Å². The predicted molar refractivity (Wildman–Crippen MR) is 90.6 cm³/mol. The minimum atomic E-state index is 0.315. The monoisotopic (exact) mass is 307 g/mol. The van der Waals surface area contributed by atoms with Gasteiger partial charge in [0, 0.05) is 10.9 Å². The lowest BCUT2D eigenvalue weighted by Crippen LogP contribution is -2.22. The highest BCUT2D eigenvalue weighted by Crippen LogP contribution is 2.16. The number of nitrogens with zero attached hydrogens (tertiary/aromatic N) is 2. The maximum atomic E-state index is 5.75. The van der Waals surface area contributed by atoms with E-state index in [1.54, 1.807) is 0 Å². The van der Waals surface area contributed by atoms with Crippen LogP contribution in [0.15, 0.2) is 65.8 Å². The number of ether oxygens (including phenoxy) is 1. The van der Waals surface area contributed by atoms with E-state index in [0.29, 0.717) is 12.4 Å². The zero-order chi connectivity index (χ0) is 16.1. The van der Waals surface area contributed by atoms with Crippen molar-refractivity contribution in [3.8, 4) is 5.75 Å². The zero-order valence-electron chi connectivity index (χ0n) is 12.4. The molecule has 0 saturated carbocycles. The molecule has 0 atom stereocenters. The van der Waals surface area contributed by atoms with Crippen molar-refractivity contribution in [3.05, 3.63) is 71.9 Å². The van der Waals surface area contributed by atoms with E-state index < -0.39 is 0 Å². The number of hydrogen-bond acceptors (Lipinski definition) is 5. The van der Waals surface area contributed by atoms with E-state index in [1.165, 1.54) is 0 Å². The number of pyridine rings is 1. The SMILES string of the molecule is NNN=C(N)c1ccc(OCc2ccc3ccccc3n2)cc1. The fourth-order valence-corrected chi connectivity index (χ4v) is 2.20. The summed E-state index contributed by atoms with van der Waals surface area (Å²) < 4.78 is 5.75. The summed E-state index contributed by atoms with van der Waals surface area (Å²) >= 11 is 0. The molecule has 1 heterocycles. The third-order valence-electron chi connectivity index (χ3n) is 3.38. The minimum Gasteiger partial charge on any atom is -0.487 e. The lowest BCUT2D eigenvalue weighted by molar-refractivity contribution is 0.302. The first-order chi connectivity index (χ1) is 11.3. The Bertz CT molecular complexity index is 830. The average molecular weight is 307 g/mol. The van der Waals surface area contributed by atoms with Gasteiger partial charge in [-0.05, 0) is 36.4 Å². The highest BCUT2D eigenvalue weighted by Gasteiger charge is 2.02. The molecule has 0 radical (unpaired) electrons. The van der Waals surface area contributed by atoms with E-state index in [2.05, 4.69) is 15.6 Å². The number of amidine groups is 1. The molecule has 0 unspecified atom stereocenters. The number of hydrazine groups is 1. The molecule has 0 spiro atoms. The largest absolute Gasteiger partial charge is 0.487 e. The van der Waals surface area contributed by atoms with Gasteiger partial charge in [0.15, 0.2) is 5.84 Å². The van der Waals surface area contributed by atoms with Crippen molar-refractivity contribution in [1.29, 1.82) is 0 Å². The number of fused-ring (bicyclic) bond motifs is 1. The van der Waals surface area contributed by atoms with Gasteiger partial charge in [-0.1, -0.05) is 24.3 Å². The topological polar surface area (TPSA) is 98.5 Å². The first-order valence-electron chi connectivity index (χ1n) is 7.13. The predicted octanol–water partition coefficient (Wildman–Crippen LogP) is 1.90. The van der Waals surface area contributed by atoms with Crippen molar-refractivity contribution >= 4 is 16.7 Å². The Kier molecular flexibility index (Phi) is 4.35. The Labute approximate surface area is 133 Å². The van der Waals surface area contributed by atoms with Gasteiger partial charge < -0.3 is 10.5 Å². The van der Waals surface area contributed by atoms with Crippen LogP contribution in [0.1, 0.15) is 11.3 Å². The molecule has 3 aromatic rings. The number of benzene rings is 2. The molecule has 5 N–H and O–H groups in total. The molecule has 1 aromatic heterocycles. The van der Waals surface area contributed by atoms with Crippen LogP contribution in [0.5, 0.6) is 5.75 Å². The smallest absolute Gasteiger partial charge is 0.152 e. The maximum absolute atomic E-state index is 5.75. The molecule has 2 aromatic carbocycles. The van der Waals surface area contributed by atoms with Crippen LogP contribution < -0.4 is 21.8 Å². The molecule has 0 aliphatic carbocycles. The average Bonchev–Trinajstić information content (AvgIpc) is 2.60. The minimum absolute atomic E-state index is 0.315. The molecule has 6 heteroatoms. The molecule has 0 amide bonds. The Hall–Kier alpha value is -3.12. The third-order valence-corrected chi connectivity index (χ3v) is 3.38. The highest BCUT2D eigenvalue weighted by molar-refractivity contribution is 5.97. The summed E-state index contributed by atoms with van der Waals surface area (Å²) in [4.78, 5) is 4.57. The van der Waals surface area contributed by atoms with Crippen molar-refractivity contribution in [2.24, 2.45) is 16.7 Å². The molecule has 0 aliphatic rings. The van der Waals surface area contributed by atoms with E-state index >= 15 is 0 Å². The second kappa shape index (κ2) is 6.76. The molecule has 116 valence electrons. The van der Waals surface area contributed by atoms with Crippen molar-refractivity contribution in [3.63, 3.8) is 0 Å². The summed E-state index contributed by atoms with van der Waals surface area (Å²) in [5.41, 5.74) is 10.5. The Morgan fingerprint density at radius 1 is 1.04 bits per heavy atom. The normalized spacial score (nSPS) is 11.4. The van der Waals surface area contributed by atoms with Gasteiger partial charge in [-0.25, -0.2) is 16.4 Å². The van der Waals surface area contributed by atoms with Crippen LogP contribution in [0.2, 0.25) is 0 Å². The van der Waals surface area contributed by atoms with Crippen LogP contribution in [0.3, 0.4) is 0 Å². The molecule has 0 saturated heterocycles. The van der Waals surface area contributed by atoms with Crippen LogP contribution in [0.4, 0.5) is 0 Å². The standard InChI is InChI=1S/C17H17N5O/c18-17(21-22-19)13-6-9-15(10-7-13)23-11-14-8-5-12-3-1-2-4-16(12)20-14/h1-10,22H,11,19H2,(H2,18,21). The summed E-state index contributed by atoms with van der Waals surface area (Å²) in [6.07, 6.45) is 0. The number of rotatable bonds is 5. The number of hydrazone groups is 1. The summed E-state index contributed by atoms with van der Waals surface area (Å²) in [7, 11) is 0. The number of nitrogens with two attached hydrogens (primary N) is 2. The summed E-state index contributed by atoms with van der Waals surface area (Å²) in [5, 5.41) is 4.83. The molecule has 23 heavy (non-hydrogen) atoms. The van der Waals surface area contributed by atoms with Crippen molar-refractivity contribution in [2.75, 3.05) is 0 Å². The fraction of sp³-hybridized carbons (Fsp3) is 0.0588. The summed E-state index contributed by atoms with van der Waals surface area (Å²) in [5.74, 6) is 6.15. The van der Waals surface area contributed by atoms with Crippen LogP contribution >= 0.6 is 0 Å². The van der Waals surface area contributed by atoms with Gasteiger partial charge in [0.05, 0.1) is 11.2 Å². The second-order valence-corrected chi connectivity index (χ2v) is 4.93. The van der Waals surface area contributed by atoms with E-state index in [1.807, 2.05) is 60.7 Å². The molecule has 6 nitrogen and oxygen atoms in total. The van der Waals surface area contributed by atoms with E-state index in [-0.39, 0.29) is 0 Å². The van der Waals surface area contributed by atoms with Crippen LogP contribution in [0, 0.1) is 0 Å². The van der Waals surface area contributed by atoms with Gasteiger partial charge >= 0.3 is 0 Å². The van der Waals surface area contributed by atoms with Gasteiger partial charge in [-0.15, -0.1) is 5.10 Å². The quantitative estimate of drug-likeness (QED) is 0.289. The molecule has 0 bridgehead atoms. The van der Waals surface area contributed by atoms with Gasteiger partial charge in [0.25, 0.3) is 0 Å². The number of aromatic nitrogens is 1. The fourth-order valence-electron chi connectivity index (χ4n) is 2.20. The lowest BCUT2D eigenvalue weighted by Gasteiger charge is -2.07. The Morgan fingerprint density at radius 3 is 2.61 bits per heavy atom. The van der Waals surface area contributed by atoms with E-state index in [4.69, 9.17) is 16.3 Å². The van der Waals surface area contributed by atoms with Gasteiger partial charge in [0.1, 0.15) is 12.4 Å². The van der Waals surface area contributed by atoms with Crippen molar-refractivity contribution in [1.82, 2.24) is 10.5 Å². The first kappa shape index (κ1) is 14.8. The summed E-state index contributed by atoms with van der Waals surface area (Å²) in [6.45, 7) is 0.401. The lowest BCUT2D eigenvalue weighted by atomic mass is 10.2. The number of para-hydroxylation sites is 1. The van der Waals surface area contributed by atoms with Gasteiger partial charge in [0.2, 0.25) is 0 Å². The van der Waals surface area contributed by atoms with Gasteiger partial charge in [-0.3, -0.25) is 0 Å². The van der Waals surface area contributed by atoms with E-state index in [0.717, 1.165) is 27.9 Å². The van der Waals surface area contributed by atoms with E-state index in [9.17, 15) is 0 Å². The highest BCUT2D eigenvalue weighted by atomic mass is 16.5. The molecular weight excluding hydrogens is 290 g/mol. The third kappa shape index (κ3) is 3.56. The maximum Gasteiger partial charge on any atom is 0.152 e.